The van der Waals surface area contributed by atoms with Crippen LogP contribution in [0.5, 0.6) is 0 Å². The second-order valence-corrected chi connectivity index (χ2v) is 7.91. The molecule has 1 atom stereocenters. The first-order valence-corrected chi connectivity index (χ1v) is 9.70. The number of anilines is 1. The summed E-state index contributed by atoms with van der Waals surface area (Å²) >= 11 is 6.31. The van der Waals surface area contributed by atoms with Gasteiger partial charge < -0.3 is 10.4 Å². The van der Waals surface area contributed by atoms with Crippen LogP contribution < -0.4 is 10.9 Å². The molecule has 0 aromatic carbocycles. The Hall–Kier alpha value is -2.23. The smallest absolute Gasteiger partial charge is 0.267 e. The summed E-state index contributed by atoms with van der Waals surface area (Å²) in [6.07, 6.45) is 3.83. The lowest BCUT2D eigenvalue weighted by Crippen LogP contribution is -2.28. The Morgan fingerprint density at radius 1 is 1.44 bits per heavy atom. The van der Waals surface area contributed by atoms with Gasteiger partial charge in [-0.25, -0.2) is 4.98 Å². The average molecular weight is 405 g/mol. The number of carbonyl (C=O) groups excluding carboxylic acids is 1. The van der Waals surface area contributed by atoms with Gasteiger partial charge in [-0.05, 0) is 31.1 Å². The van der Waals surface area contributed by atoms with Crippen molar-refractivity contribution in [3.05, 3.63) is 44.7 Å². The van der Waals surface area contributed by atoms with Crippen molar-refractivity contribution in [2.24, 2.45) is 0 Å². The number of hydrogen-bond donors (Lipinski definition) is 2. The second kappa shape index (κ2) is 7.79. The third-order valence-electron chi connectivity index (χ3n) is 4.40. The zero-order valence-corrected chi connectivity index (χ0v) is 16.9. The fourth-order valence-electron chi connectivity index (χ4n) is 2.70. The summed E-state index contributed by atoms with van der Waals surface area (Å²) in [5.74, 6) is 0.0930. The Balaban J connectivity index is 2.23. The number of aliphatic hydroxyl groups is 1. The summed E-state index contributed by atoms with van der Waals surface area (Å²) < 4.78 is 1.89. The standard InChI is InChI=1S/C18H20N4O3S2/c1-4-11(9-23)19-14-12(8-13-17(25)21(3)18(26)27-13)16(24)22-7-5-6-10(2)15(22)20-14/h5-8,11,19,23H,4,9H2,1-3H3. The van der Waals surface area contributed by atoms with Gasteiger partial charge >= 0.3 is 0 Å². The van der Waals surface area contributed by atoms with Gasteiger partial charge in [-0.3, -0.25) is 18.9 Å². The number of pyridine rings is 1. The highest BCUT2D eigenvalue weighted by Gasteiger charge is 2.29. The zero-order valence-electron chi connectivity index (χ0n) is 15.2. The SMILES string of the molecule is CCC(CO)Nc1nc2c(C)cccn2c(=O)c1C=C1SC(=S)N(C)C1=O. The predicted octanol–water partition coefficient (Wildman–Crippen LogP) is 2.02. The van der Waals surface area contributed by atoms with Gasteiger partial charge in [0.05, 0.1) is 23.1 Å². The van der Waals surface area contributed by atoms with E-state index in [-0.39, 0.29) is 29.7 Å². The minimum absolute atomic E-state index is 0.0954. The van der Waals surface area contributed by atoms with Crippen LogP contribution in [0.25, 0.3) is 11.7 Å². The first-order valence-electron chi connectivity index (χ1n) is 8.48. The highest BCUT2D eigenvalue weighted by Crippen LogP contribution is 2.32. The molecule has 7 nitrogen and oxygen atoms in total. The predicted molar refractivity (Wildman–Crippen MR) is 112 cm³/mol. The molecule has 1 aliphatic heterocycles. The lowest BCUT2D eigenvalue weighted by atomic mass is 10.2. The molecule has 2 aromatic heterocycles. The van der Waals surface area contributed by atoms with Gasteiger partial charge in [0, 0.05) is 13.2 Å². The number of carbonyl (C=O) groups is 1. The van der Waals surface area contributed by atoms with Crippen molar-refractivity contribution in [3.8, 4) is 0 Å². The average Bonchev–Trinajstić information content (AvgIpc) is 2.90. The number of rotatable bonds is 5. The van der Waals surface area contributed by atoms with Crippen LogP contribution in [0.2, 0.25) is 0 Å². The van der Waals surface area contributed by atoms with E-state index in [0.29, 0.717) is 27.1 Å². The third kappa shape index (κ3) is 3.62. The summed E-state index contributed by atoms with van der Waals surface area (Å²) in [4.78, 5) is 31.8. The summed E-state index contributed by atoms with van der Waals surface area (Å²) in [6.45, 7) is 3.70. The van der Waals surface area contributed by atoms with Crippen molar-refractivity contribution in [3.63, 3.8) is 0 Å². The van der Waals surface area contributed by atoms with E-state index >= 15 is 0 Å². The number of likely N-dealkylation sites (N-methyl/N-ethyl adjacent to an activating group) is 1. The monoisotopic (exact) mass is 404 g/mol. The maximum absolute atomic E-state index is 13.1. The van der Waals surface area contributed by atoms with Crippen molar-refractivity contribution in [1.82, 2.24) is 14.3 Å². The molecule has 3 rings (SSSR count). The number of hydrogen-bond acceptors (Lipinski definition) is 7. The fourth-order valence-corrected chi connectivity index (χ4v) is 3.86. The molecule has 3 heterocycles. The molecule has 1 aliphatic rings. The lowest BCUT2D eigenvalue weighted by Gasteiger charge is -2.17. The van der Waals surface area contributed by atoms with E-state index in [9.17, 15) is 14.7 Å². The van der Waals surface area contributed by atoms with Gasteiger partial charge in [0.2, 0.25) is 0 Å². The molecule has 0 radical (unpaired) electrons. The van der Waals surface area contributed by atoms with Gasteiger partial charge in [0.15, 0.2) is 0 Å². The highest BCUT2D eigenvalue weighted by molar-refractivity contribution is 8.26. The number of aryl methyl sites for hydroxylation is 1. The van der Waals surface area contributed by atoms with E-state index in [1.54, 1.807) is 19.3 Å². The zero-order chi connectivity index (χ0) is 19.7. The van der Waals surface area contributed by atoms with Crippen molar-refractivity contribution in [2.75, 3.05) is 19.0 Å². The minimum Gasteiger partial charge on any atom is -0.394 e. The number of fused-ring (bicyclic) bond motifs is 1. The minimum atomic E-state index is -0.291. The maximum atomic E-state index is 13.1. The molecule has 1 unspecified atom stereocenters. The van der Waals surface area contributed by atoms with Crippen molar-refractivity contribution in [1.29, 1.82) is 0 Å². The Morgan fingerprint density at radius 2 is 2.19 bits per heavy atom. The topological polar surface area (TPSA) is 86.9 Å². The van der Waals surface area contributed by atoms with Crippen LogP contribution in [0.15, 0.2) is 28.0 Å². The fraction of sp³-hybridized carbons (Fsp3) is 0.333. The molecule has 2 N–H and O–H groups in total. The number of nitrogens with one attached hydrogen (secondary N) is 1. The number of thioether (sulfide) groups is 1. The number of aliphatic hydroxyl groups excluding tert-OH is 1. The van der Waals surface area contributed by atoms with E-state index in [1.807, 2.05) is 19.9 Å². The highest BCUT2D eigenvalue weighted by atomic mass is 32.2. The molecule has 0 saturated carbocycles. The van der Waals surface area contributed by atoms with Gasteiger partial charge in [-0.2, -0.15) is 0 Å². The molecule has 0 spiro atoms. The largest absolute Gasteiger partial charge is 0.394 e. The third-order valence-corrected chi connectivity index (χ3v) is 5.89. The summed E-state index contributed by atoms with van der Waals surface area (Å²) in [6, 6.07) is 3.39. The Kier molecular flexibility index (Phi) is 5.64. The van der Waals surface area contributed by atoms with Gasteiger partial charge in [0.1, 0.15) is 15.8 Å². The van der Waals surface area contributed by atoms with Gasteiger partial charge in [-0.1, -0.05) is 37.0 Å². The molecule has 2 aromatic rings. The second-order valence-electron chi connectivity index (χ2n) is 6.24. The van der Waals surface area contributed by atoms with Crippen LogP contribution in [0.4, 0.5) is 5.82 Å². The number of nitrogens with zero attached hydrogens (tertiary/aromatic N) is 3. The Labute approximate surface area is 166 Å². The quantitative estimate of drug-likeness (QED) is 0.582. The van der Waals surface area contributed by atoms with E-state index < -0.39 is 0 Å². The van der Waals surface area contributed by atoms with E-state index in [2.05, 4.69) is 10.3 Å². The summed E-state index contributed by atoms with van der Waals surface area (Å²) in [5, 5.41) is 12.7. The van der Waals surface area contributed by atoms with E-state index in [4.69, 9.17) is 12.2 Å². The Bertz CT molecular complexity index is 1010. The van der Waals surface area contributed by atoms with Crippen molar-refractivity contribution < 1.29 is 9.90 Å². The number of aromatic nitrogens is 2. The molecule has 27 heavy (non-hydrogen) atoms. The lowest BCUT2D eigenvalue weighted by molar-refractivity contribution is -0.121. The Morgan fingerprint density at radius 3 is 2.78 bits per heavy atom. The molecule has 1 fully saturated rings. The molecule has 1 saturated heterocycles. The molecule has 9 heteroatoms. The van der Waals surface area contributed by atoms with Crippen LogP contribution in [-0.4, -0.2) is 49.3 Å². The molecular formula is C18H20N4O3S2. The van der Waals surface area contributed by atoms with Gasteiger partial charge in [0.25, 0.3) is 11.5 Å². The first-order chi connectivity index (χ1) is 12.9. The normalized spacial score (nSPS) is 17.2. The summed E-state index contributed by atoms with van der Waals surface area (Å²) in [7, 11) is 1.60. The molecule has 0 bridgehead atoms. The summed E-state index contributed by atoms with van der Waals surface area (Å²) in [5.41, 5.74) is 1.35. The van der Waals surface area contributed by atoms with E-state index in [1.165, 1.54) is 15.4 Å². The first kappa shape index (κ1) is 19.5. The van der Waals surface area contributed by atoms with Crippen molar-refractivity contribution in [2.45, 2.75) is 26.3 Å². The molecule has 142 valence electrons. The van der Waals surface area contributed by atoms with Crippen LogP contribution in [0.1, 0.15) is 24.5 Å². The van der Waals surface area contributed by atoms with Crippen molar-refractivity contribution >= 4 is 51.7 Å². The molecular weight excluding hydrogens is 384 g/mol. The van der Waals surface area contributed by atoms with Gasteiger partial charge in [-0.15, -0.1) is 0 Å². The van der Waals surface area contributed by atoms with Crippen LogP contribution in [-0.2, 0) is 4.79 Å². The molecule has 1 amide bonds. The maximum Gasteiger partial charge on any atom is 0.267 e. The van der Waals surface area contributed by atoms with Crippen LogP contribution >= 0.6 is 24.0 Å². The van der Waals surface area contributed by atoms with Crippen LogP contribution in [0.3, 0.4) is 0 Å². The number of amides is 1. The number of thiocarbonyl (C=S) groups is 1. The van der Waals surface area contributed by atoms with Crippen LogP contribution in [0, 0.1) is 6.92 Å². The molecule has 0 aliphatic carbocycles. The van der Waals surface area contributed by atoms with E-state index in [0.717, 1.165) is 17.3 Å².